The van der Waals surface area contributed by atoms with Crippen LogP contribution in [-0.4, -0.2) is 30.3 Å². The third-order valence-corrected chi connectivity index (χ3v) is 4.58. The van der Waals surface area contributed by atoms with E-state index in [1.807, 2.05) is 25.1 Å². The fraction of sp³-hybridized carbons (Fsp3) is 0.533. The molecule has 5 heteroatoms. The summed E-state index contributed by atoms with van der Waals surface area (Å²) in [6, 6.07) is 5.64. The number of carbonyl (C=O) groups is 1. The first-order chi connectivity index (χ1) is 9.37. The fourth-order valence-corrected chi connectivity index (χ4v) is 3.43. The van der Waals surface area contributed by atoms with Crippen LogP contribution in [-0.2, 0) is 20.5 Å². The quantitative estimate of drug-likeness (QED) is 0.873. The van der Waals surface area contributed by atoms with Crippen LogP contribution >= 0.6 is 11.6 Å². The number of carbonyl (C=O) groups excluding carboxylic acids is 1. The van der Waals surface area contributed by atoms with Gasteiger partial charge in [-0.2, -0.15) is 0 Å². The minimum absolute atomic E-state index is 0.0727. The highest BCUT2D eigenvalue weighted by Gasteiger charge is 2.53. The highest BCUT2D eigenvalue weighted by molar-refractivity contribution is 6.30. The summed E-state index contributed by atoms with van der Waals surface area (Å²) in [6.45, 7) is 4.52. The maximum absolute atomic E-state index is 12.6. The molecule has 1 aromatic carbocycles. The first kappa shape index (κ1) is 13.9. The van der Waals surface area contributed by atoms with Gasteiger partial charge in [0.2, 0.25) is 5.91 Å². The van der Waals surface area contributed by atoms with E-state index in [0.29, 0.717) is 24.7 Å². The Balaban J connectivity index is 2.17. The van der Waals surface area contributed by atoms with Crippen LogP contribution in [0.25, 0.3) is 0 Å². The number of ether oxygens (including phenoxy) is 1. The van der Waals surface area contributed by atoms with Crippen molar-refractivity contribution in [3.8, 4) is 0 Å². The zero-order valence-electron chi connectivity index (χ0n) is 11.6. The van der Waals surface area contributed by atoms with Crippen LogP contribution in [0, 0.1) is 0 Å². The molecular formula is C15H18ClNO3. The van der Waals surface area contributed by atoms with Crippen molar-refractivity contribution < 1.29 is 14.6 Å². The van der Waals surface area contributed by atoms with E-state index >= 15 is 0 Å². The predicted molar refractivity (Wildman–Crippen MR) is 75.7 cm³/mol. The number of fused-ring (bicyclic) bond motifs is 2. The number of benzene rings is 1. The second-order valence-corrected chi connectivity index (χ2v) is 6.54. The number of nitrogens with one attached hydrogen (secondary N) is 1. The molecule has 2 atom stereocenters. The minimum Gasteiger partial charge on any atom is -0.393 e. The number of amides is 1. The lowest BCUT2D eigenvalue weighted by Crippen LogP contribution is -2.66. The molecule has 4 nitrogen and oxygen atoms in total. The first-order valence-electron chi connectivity index (χ1n) is 6.76. The van der Waals surface area contributed by atoms with Gasteiger partial charge in [-0.1, -0.05) is 17.7 Å². The van der Waals surface area contributed by atoms with Crippen LogP contribution in [0.3, 0.4) is 0 Å². The Morgan fingerprint density at radius 2 is 2.15 bits per heavy atom. The average Bonchev–Trinajstić information content (AvgIpc) is 2.31. The summed E-state index contributed by atoms with van der Waals surface area (Å²) in [5, 5.41) is 13.4. The SMILES string of the molecule is C[C@@H](O)C[C@]1(C)C(=O)NC2(COC2)c2ccc(Cl)cc21. The summed E-state index contributed by atoms with van der Waals surface area (Å²) < 4.78 is 5.30. The van der Waals surface area contributed by atoms with Gasteiger partial charge in [0.05, 0.1) is 24.7 Å². The van der Waals surface area contributed by atoms with E-state index in [4.69, 9.17) is 16.3 Å². The smallest absolute Gasteiger partial charge is 0.231 e. The third-order valence-electron chi connectivity index (χ3n) is 4.35. The van der Waals surface area contributed by atoms with Gasteiger partial charge in [-0.05, 0) is 43.5 Å². The first-order valence-corrected chi connectivity index (χ1v) is 7.14. The molecule has 3 rings (SSSR count). The highest BCUT2D eigenvalue weighted by Crippen LogP contribution is 2.45. The second-order valence-electron chi connectivity index (χ2n) is 6.10. The number of aliphatic hydroxyl groups is 1. The normalized spacial score (nSPS) is 28.5. The van der Waals surface area contributed by atoms with Crippen molar-refractivity contribution in [3.05, 3.63) is 34.3 Å². The lowest BCUT2D eigenvalue weighted by Gasteiger charge is -2.51. The van der Waals surface area contributed by atoms with Gasteiger partial charge in [0.1, 0.15) is 5.54 Å². The monoisotopic (exact) mass is 295 g/mol. The van der Waals surface area contributed by atoms with E-state index < -0.39 is 17.1 Å². The largest absolute Gasteiger partial charge is 0.393 e. The molecular weight excluding hydrogens is 278 g/mol. The van der Waals surface area contributed by atoms with Crippen LogP contribution in [0.1, 0.15) is 31.4 Å². The number of hydrogen-bond acceptors (Lipinski definition) is 3. The van der Waals surface area contributed by atoms with Crippen molar-refractivity contribution in [3.63, 3.8) is 0 Å². The van der Waals surface area contributed by atoms with Crippen LogP contribution in [0.5, 0.6) is 0 Å². The third kappa shape index (κ3) is 1.86. The van der Waals surface area contributed by atoms with Crippen LogP contribution in [0.15, 0.2) is 18.2 Å². The molecule has 1 fully saturated rings. The van der Waals surface area contributed by atoms with Crippen molar-refractivity contribution in [2.75, 3.05) is 13.2 Å². The Morgan fingerprint density at radius 1 is 1.45 bits per heavy atom. The Kier molecular flexibility index (Phi) is 3.08. The van der Waals surface area contributed by atoms with Gasteiger partial charge in [-0.3, -0.25) is 4.79 Å². The zero-order valence-corrected chi connectivity index (χ0v) is 12.3. The molecule has 0 unspecified atom stereocenters. The molecule has 1 spiro atoms. The second kappa shape index (κ2) is 4.45. The summed E-state index contributed by atoms with van der Waals surface area (Å²) in [6.07, 6.45) is -0.201. The maximum atomic E-state index is 12.6. The summed E-state index contributed by atoms with van der Waals surface area (Å²) in [7, 11) is 0. The number of rotatable bonds is 2. The molecule has 1 aromatic rings. The van der Waals surface area contributed by atoms with Gasteiger partial charge in [0.25, 0.3) is 0 Å². The molecule has 0 aromatic heterocycles. The van der Waals surface area contributed by atoms with Gasteiger partial charge in [-0.15, -0.1) is 0 Å². The fourth-order valence-electron chi connectivity index (χ4n) is 3.26. The number of halogens is 1. The molecule has 2 N–H and O–H groups in total. The molecule has 20 heavy (non-hydrogen) atoms. The summed E-state index contributed by atoms with van der Waals surface area (Å²) in [4.78, 5) is 12.6. The molecule has 0 radical (unpaired) electrons. The van der Waals surface area contributed by atoms with Gasteiger partial charge in [-0.25, -0.2) is 0 Å². The summed E-state index contributed by atoms with van der Waals surface area (Å²) in [5.74, 6) is -0.0727. The predicted octanol–water partition coefficient (Wildman–Crippen LogP) is 1.72. The summed E-state index contributed by atoms with van der Waals surface area (Å²) in [5.41, 5.74) is 0.763. The number of aliphatic hydroxyl groups excluding tert-OH is 1. The van der Waals surface area contributed by atoms with E-state index in [1.165, 1.54) is 0 Å². The van der Waals surface area contributed by atoms with Crippen molar-refractivity contribution >= 4 is 17.5 Å². The van der Waals surface area contributed by atoms with E-state index in [2.05, 4.69) is 5.32 Å². The molecule has 0 aliphatic carbocycles. The van der Waals surface area contributed by atoms with E-state index in [0.717, 1.165) is 11.1 Å². The Bertz CT molecular complexity index is 568. The van der Waals surface area contributed by atoms with Crippen molar-refractivity contribution in [2.45, 2.75) is 37.3 Å². The van der Waals surface area contributed by atoms with Crippen LogP contribution in [0.4, 0.5) is 0 Å². The topological polar surface area (TPSA) is 58.6 Å². The minimum atomic E-state index is -0.769. The maximum Gasteiger partial charge on any atom is 0.231 e. The standard InChI is InChI=1S/C15H18ClNO3/c1-9(18)6-14(2)12-5-10(16)3-4-11(12)15(7-20-8-15)17-13(14)19/h3-5,9,18H,6-8H2,1-2H3,(H,17,19)/t9-,14+/m1/s1. The van der Waals surface area contributed by atoms with Gasteiger partial charge in [0, 0.05) is 5.02 Å². The van der Waals surface area contributed by atoms with Crippen molar-refractivity contribution in [1.82, 2.24) is 5.32 Å². The molecule has 2 aliphatic rings. The van der Waals surface area contributed by atoms with E-state index in [-0.39, 0.29) is 5.91 Å². The van der Waals surface area contributed by atoms with Gasteiger partial charge < -0.3 is 15.2 Å². The number of hydrogen-bond donors (Lipinski definition) is 2. The molecule has 2 aliphatic heterocycles. The summed E-state index contributed by atoms with van der Waals surface area (Å²) >= 11 is 6.12. The molecule has 108 valence electrons. The Morgan fingerprint density at radius 3 is 2.70 bits per heavy atom. The lowest BCUT2D eigenvalue weighted by atomic mass is 9.67. The van der Waals surface area contributed by atoms with Crippen LogP contribution in [0.2, 0.25) is 5.02 Å². The van der Waals surface area contributed by atoms with E-state index in [9.17, 15) is 9.90 Å². The Labute approximate surface area is 123 Å². The van der Waals surface area contributed by atoms with Gasteiger partial charge >= 0.3 is 0 Å². The van der Waals surface area contributed by atoms with Gasteiger partial charge in [0.15, 0.2) is 0 Å². The average molecular weight is 296 g/mol. The van der Waals surface area contributed by atoms with Crippen LogP contribution < -0.4 is 5.32 Å². The van der Waals surface area contributed by atoms with Crippen molar-refractivity contribution in [1.29, 1.82) is 0 Å². The molecule has 0 saturated carbocycles. The molecule has 2 heterocycles. The zero-order chi connectivity index (χ0) is 14.5. The highest BCUT2D eigenvalue weighted by atomic mass is 35.5. The van der Waals surface area contributed by atoms with E-state index in [1.54, 1.807) is 6.92 Å². The lowest BCUT2D eigenvalue weighted by molar-refractivity contribution is -0.143. The molecule has 1 saturated heterocycles. The molecule has 1 amide bonds. The Hall–Kier alpha value is -1.10. The van der Waals surface area contributed by atoms with Crippen molar-refractivity contribution in [2.24, 2.45) is 0 Å². The molecule has 0 bridgehead atoms.